The monoisotopic (exact) mass is 404 g/mol. The van der Waals surface area contributed by atoms with E-state index in [0.29, 0.717) is 0 Å². The molecule has 0 saturated heterocycles. The molecule has 0 spiro atoms. The fourth-order valence-electron chi connectivity index (χ4n) is 3.47. The Morgan fingerprint density at radius 1 is 0.586 bits per heavy atom. The van der Waals surface area contributed by atoms with Gasteiger partial charge in [0.1, 0.15) is 24.8 Å². The molecule has 29 heavy (non-hydrogen) atoms. The first kappa shape index (κ1) is 25.5. The van der Waals surface area contributed by atoms with Crippen molar-refractivity contribution < 1.29 is 9.13 Å². The predicted octanol–water partition coefficient (Wildman–Crippen LogP) is 5.83. The van der Waals surface area contributed by atoms with E-state index in [2.05, 4.69) is 83.5 Å². The van der Waals surface area contributed by atoms with E-state index in [-0.39, 0.29) is 0 Å². The van der Waals surface area contributed by atoms with Crippen LogP contribution in [0.5, 0.6) is 0 Å². The van der Waals surface area contributed by atoms with Gasteiger partial charge >= 0.3 is 0 Å². The van der Waals surface area contributed by atoms with Gasteiger partial charge in [-0.2, -0.15) is 0 Å². The molecule has 0 amide bonds. The minimum atomic E-state index is 1.17. The number of unbranched alkanes of at least 4 members (excludes halogenated alkanes) is 9. The molecular formula is C25H48N4+2. The van der Waals surface area contributed by atoms with Gasteiger partial charge in [0.25, 0.3) is 0 Å². The number of nitrogens with zero attached hydrogens (tertiary/aromatic N) is 4. The van der Waals surface area contributed by atoms with E-state index < -0.39 is 0 Å². The molecule has 0 N–H and O–H groups in total. The second-order valence-corrected chi connectivity index (χ2v) is 8.39. The summed E-state index contributed by atoms with van der Waals surface area (Å²) in [6, 6.07) is 0. The van der Waals surface area contributed by atoms with Crippen molar-refractivity contribution >= 4 is 0 Å². The van der Waals surface area contributed by atoms with E-state index >= 15 is 0 Å². The summed E-state index contributed by atoms with van der Waals surface area (Å²) in [5, 5.41) is 0. The maximum absolute atomic E-state index is 2.31. The summed E-state index contributed by atoms with van der Waals surface area (Å²) >= 11 is 0. The van der Waals surface area contributed by atoms with Crippen molar-refractivity contribution in [2.45, 2.75) is 117 Å². The molecule has 4 heteroatoms. The summed E-state index contributed by atoms with van der Waals surface area (Å²) in [6.45, 7) is 10.3. The van der Waals surface area contributed by atoms with E-state index in [1.165, 1.54) is 96.7 Å². The molecule has 0 atom stereocenters. The van der Waals surface area contributed by atoms with Crippen LogP contribution in [-0.4, -0.2) is 9.13 Å². The van der Waals surface area contributed by atoms with Crippen LogP contribution < -0.4 is 9.13 Å². The van der Waals surface area contributed by atoms with Crippen molar-refractivity contribution in [3.05, 3.63) is 37.4 Å². The third-order valence-corrected chi connectivity index (χ3v) is 5.38. The van der Waals surface area contributed by atoms with Gasteiger partial charge in [-0.3, -0.25) is 0 Å². The summed E-state index contributed by atoms with van der Waals surface area (Å²) in [5.74, 6) is 0. The SMILES string of the molecule is CCCCCCCCn1cc[n+](C)c1.CCCCCC[n+]1ccn(CCCC)c1. The molecule has 2 aromatic rings. The van der Waals surface area contributed by atoms with Crippen molar-refractivity contribution in [3.63, 3.8) is 0 Å². The number of imidazole rings is 2. The molecule has 0 bridgehead atoms. The first-order valence-electron chi connectivity index (χ1n) is 12.2. The molecular weight excluding hydrogens is 356 g/mol. The van der Waals surface area contributed by atoms with Crippen LogP contribution in [-0.2, 0) is 26.7 Å². The zero-order valence-corrected chi connectivity index (χ0v) is 19.9. The third-order valence-electron chi connectivity index (χ3n) is 5.38. The van der Waals surface area contributed by atoms with Crippen molar-refractivity contribution in [3.8, 4) is 0 Å². The highest BCUT2D eigenvalue weighted by Crippen LogP contribution is 2.05. The van der Waals surface area contributed by atoms with E-state index in [1.54, 1.807) is 0 Å². The highest BCUT2D eigenvalue weighted by molar-refractivity contribution is 4.66. The van der Waals surface area contributed by atoms with Crippen LogP contribution in [0, 0.1) is 0 Å². The predicted molar refractivity (Wildman–Crippen MR) is 123 cm³/mol. The molecule has 4 nitrogen and oxygen atoms in total. The summed E-state index contributed by atoms with van der Waals surface area (Å²) in [4.78, 5) is 0. The summed E-state index contributed by atoms with van der Waals surface area (Å²) < 4.78 is 8.96. The molecule has 0 aliphatic carbocycles. The number of aromatic nitrogens is 4. The van der Waals surface area contributed by atoms with Gasteiger partial charge in [-0.25, -0.2) is 18.3 Å². The van der Waals surface area contributed by atoms with Crippen LogP contribution in [0.25, 0.3) is 0 Å². The van der Waals surface area contributed by atoms with Crippen LogP contribution in [0.2, 0.25) is 0 Å². The zero-order chi connectivity index (χ0) is 21.2. The van der Waals surface area contributed by atoms with E-state index in [4.69, 9.17) is 0 Å². The highest BCUT2D eigenvalue weighted by Gasteiger charge is 2.02. The maximum atomic E-state index is 2.31. The van der Waals surface area contributed by atoms with Gasteiger partial charge in [0.05, 0.1) is 26.7 Å². The average Bonchev–Trinajstić information content (AvgIpc) is 3.35. The van der Waals surface area contributed by atoms with Gasteiger partial charge in [-0.05, 0) is 32.1 Å². The summed E-state index contributed by atoms with van der Waals surface area (Å²) in [7, 11) is 2.07. The van der Waals surface area contributed by atoms with Crippen molar-refractivity contribution in [2.24, 2.45) is 7.05 Å². The normalized spacial score (nSPS) is 10.8. The Bertz CT molecular complexity index is 599. The van der Waals surface area contributed by atoms with Crippen LogP contribution in [0.3, 0.4) is 0 Å². The third kappa shape index (κ3) is 13.3. The Balaban J connectivity index is 0.000000291. The maximum Gasteiger partial charge on any atom is 0.243 e. The van der Waals surface area contributed by atoms with Gasteiger partial charge in [0, 0.05) is 0 Å². The van der Waals surface area contributed by atoms with Crippen LogP contribution in [0.4, 0.5) is 0 Å². The Labute approximate surface area is 180 Å². The van der Waals surface area contributed by atoms with Crippen LogP contribution in [0.1, 0.15) is 97.8 Å². The number of hydrogen-bond acceptors (Lipinski definition) is 0. The van der Waals surface area contributed by atoms with E-state index in [9.17, 15) is 0 Å². The lowest BCUT2D eigenvalue weighted by Gasteiger charge is -1.98. The molecule has 0 radical (unpaired) electrons. The topological polar surface area (TPSA) is 17.6 Å². The van der Waals surface area contributed by atoms with E-state index in [1.807, 2.05) is 0 Å². The first-order valence-corrected chi connectivity index (χ1v) is 12.2. The Hall–Kier alpha value is -1.58. The Morgan fingerprint density at radius 2 is 1.14 bits per heavy atom. The number of hydrogen-bond donors (Lipinski definition) is 0. The Kier molecular flexibility index (Phi) is 15.2. The van der Waals surface area contributed by atoms with Gasteiger partial charge in [0.15, 0.2) is 0 Å². The van der Waals surface area contributed by atoms with Crippen LogP contribution >= 0.6 is 0 Å². The largest absolute Gasteiger partial charge is 0.243 e. The molecule has 2 rings (SSSR count). The molecule has 0 aromatic carbocycles. The smallest absolute Gasteiger partial charge is 0.240 e. The molecule has 0 unspecified atom stereocenters. The van der Waals surface area contributed by atoms with E-state index in [0.717, 1.165) is 0 Å². The Morgan fingerprint density at radius 3 is 1.79 bits per heavy atom. The summed E-state index contributed by atoms with van der Waals surface area (Å²) in [6.07, 6.45) is 29.2. The lowest BCUT2D eigenvalue weighted by atomic mass is 10.1. The molecule has 2 aromatic heterocycles. The lowest BCUT2D eigenvalue weighted by molar-refractivity contribution is -0.696. The zero-order valence-electron chi connectivity index (χ0n) is 19.9. The molecule has 0 aliphatic heterocycles. The van der Waals surface area contributed by atoms with Crippen LogP contribution in [0.15, 0.2) is 37.4 Å². The quantitative estimate of drug-likeness (QED) is 0.262. The van der Waals surface area contributed by atoms with Gasteiger partial charge in [-0.1, -0.05) is 65.7 Å². The fraction of sp³-hybridized carbons (Fsp3) is 0.760. The molecule has 166 valence electrons. The van der Waals surface area contributed by atoms with Gasteiger partial charge in [-0.15, -0.1) is 0 Å². The first-order chi connectivity index (χ1) is 14.2. The van der Waals surface area contributed by atoms with Crippen molar-refractivity contribution in [2.75, 3.05) is 0 Å². The van der Waals surface area contributed by atoms with Gasteiger partial charge < -0.3 is 0 Å². The minimum absolute atomic E-state index is 1.17. The molecule has 0 aliphatic rings. The molecule has 2 heterocycles. The minimum Gasteiger partial charge on any atom is -0.240 e. The fourth-order valence-corrected chi connectivity index (χ4v) is 3.47. The highest BCUT2D eigenvalue weighted by atomic mass is 15.1. The second kappa shape index (κ2) is 17.3. The van der Waals surface area contributed by atoms with Gasteiger partial charge in [0.2, 0.25) is 12.7 Å². The summed E-state index contributed by atoms with van der Waals surface area (Å²) in [5.41, 5.74) is 0. The number of rotatable bonds is 15. The molecule has 0 saturated carbocycles. The molecule has 0 fully saturated rings. The van der Waals surface area contributed by atoms with Crippen molar-refractivity contribution in [1.82, 2.24) is 9.13 Å². The second-order valence-electron chi connectivity index (χ2n) is 8.39. The lowest BCUT2D eigenvalue weighted by Crippen LogP contribution is -2.30. The van der Waals surface area contributed by atoms with Crippen molar-refractivity contribution in [1.29, 1.82) is 0 Å². The average molecular weight is 405 g/mol. The number of aryl methyl sites for hydroxylation is 4. The standard InChI is InChI=1S/C13H25N2.C12H23N2/c1-3-5-7-8-10-15-12-11-14(13-15)9-6-4-2;1-3-4-5-6-7-8-9-14-11-10-13(2)12-14/h11-13H,3-10H2,1-2H3;10-12H,3-9H2,1-2H3/q2*+1.